The van der Waals surface area contributed by atoms with E-state index in [1.165, 1.54) is 17.6 Å². The fourth-order valence-electron chi connectivity index (χ4n) is 2.72. The molecule has 0 spiro atoms. The van der Waals surface area contributed by atoms with Crippen LogP contribution in [0.5, 0.6) is 11.5 Å². The molecule has 3 aromatic rings. The maximum atomic E-state index is 12.3. The second kappa shape index (κ2) is 10.1. The van der Waals surface area contributed by atoms with Gasteiger partial charge in [0, 0.05) is 11.4 Å². The Hall–Kier alpha value is -3.10. The lowest BCUT2D eigenvalue weighted by Gasteiger charge is -2.11. The topological polar surface area (TPSA) is 100 Å². The molecular weight excluding hydrogens is 424 g/mol. The van der Waals surface area contributed by atoms with Crippen molar-refractivity contribution in [2.24, 2.45) is 5.10 Å². The summed E-state index contributed by atoms with van der Waals surface area (Å²) in [6, 6.07) is 12.9. The number of aryl methyl sites for hydroxylation is 1. The molecule has 3 rings (SSSR count). The van der Waals surface area contributed by atoms with Crippen molar-refractivity contribution in [3.63, 3.8) is 0 Å². The Balaban J connectivity index is 1.64. The van der Waals surface area contributed by atoms with Crippen molar-refractivity contribution in [1.82, 2.24) is 5.43 Å². The molecule has 0 radical (unpaired) electrons. The van der Waals surface area contributed by atoms with E-state index in [0.717, 1.165) is 16.8 Å². The van der Waals surface area contributed by atoms with Gasteiger partial charge in [-0.05, 0) is 52.8 Å². The molecule has 7 nitrogen and oxygen atoms in total. The van der Waals surface area contributed by atoms with Gasteiger partial charge in [-0.25, -0.2) is 10.4 Å². The number of halogens is 1. The minimum atomic E-state index is -0.311. The van der Waals surface area contributed by atoms with E-state index < -0.39 is 0 Å². The third kappa shape index (κ3) is 5.49. The van der Waals surface area contributed by atoms with Gasteiger partial charge in [-0.15, -0.1) is 0 Å². The Morgan fingerprint density at radius 1 is 1.30 bits per heavy atom. The molecule has 1 aromatic heterocycles. The maximum Gasteiger partial charge on any atom is 0.330 e. The Morgan fingerprint density at radius 2 is 2.13 bits per heavy atom. The zero-order chi connectivity index (χ0) is 21.5. The van der Waals surface area contributed by atoms with E-state index in [9.17, 15) is 4.79 Å². The van der Waals surface area contributed by atoms with Crippen LogP contribution in [-0.2, 0) is 13.0 Å². The number of nitrogens with two attached hydrogens (primary N) is 1. The molecule has 0 fully saturated rings. The molecule has 0 unspecified atom stereocenters. The van der Waals surface area contributed by atoms with Crippen LogP contribution in [0.15, 0.2) is 47.6 Å². The third-order valence-corrected chi connectivity index (χ3v) is 5.36. The summed E-state index contributed by atoms with van der Waals surface area (Å²) in [5, 5.41) is 5.17. The number of carbonyl (C=O) groups is 1. The van der Waals surface area contributed by atoms with E-state index in [0.29, 0.717) is 39.6 Å². The van der Waals surface area contributed by atoms with Gasteiger partial charge in [0.1, 0.15) is 17.2 Å². The van der Waals surface area contributed by atoms with E-state index in [1.807, 2.05) is 37.3 Å². The van der Waals surface area contributed by atoms with Crippen LogP contribution < -0.4 is 25.6 Å². The molecule has 0 aliphatic carbocycles. The molecule has 0 aliphatic heterocycles. The molecular formula is C21H22ClN4O3S+. The zero-order valence-corrected chi connectivity index (χ0v) is 18.1. The molecule has 1 amide bonds. The number of hydrogen-bond donors (Lipinski definition) is 2. The van der Waals surface area contributed by atoms with E-state index in [2.05, 4.69) is 15.5 Å². The van der Waals surface area contributed by atoms with Crippen molar-refractivity contribution in [2.45, 2.75) is 20.0 Å². The first kappa shape index (κ1) is 21.6. The number of aromatic amines is 1. The van der Waals surface area contributed by atoms with Crippen LogP contribution in [0, 0.1) is 0 Å². The average Bonchev–Trinajstić information content (AvgIpc) is 3.13. The number of benzene rings is 2. The summed E-state index contributed by atoms with van der Waals surface area (Å²) in [5.41, 5.74) is 10.7. The van der Waals surface area contributed by atoms with Gasteiger partial charge in [0.05, 0.1) is 13.3 Å². The normalized spacial score (nSPS) is 10.9. The van der Waals surface area contributed by atoms with Crippen molar-refractivity contribution in [2.75, 3.05) is 12.8 Å². The number of methoxy groups -OCH3 is 1. The third-order valence-electron chi connectivity index (χ3n) is 4.17. The fourth-order valence-corrected chi connectivity index (χ4v) is 3.79. The van der Waals surface area contributed by atoms with Gasteiger partial charge in [-0.3, -0.25) is 10.5 Å². The van der Waals surface area contributed by atoms with Crippen molar-refractivity contribution in [3.8, 4) is 11.5 Å². The van der Waals surface area contributed by atoms with Gasteiger partial charge in [0.2, 0.25) is 0 Å². The van der Waals surface area contributed by atoms with Crippen LogP contribution in [-0.4, -0.2) is 19.2 Å². The lowest BCUT2D eigenvalue weighted by molar-refractivity contribution is -0.366. The molecule has 0 atom stereocenters. The number of hydrogen-bond acceptors (Lipinski definition) is 6. The average molecular weight is 446 g/mol. The highest BCUT2D eigenvalue weighted by Gasteiger charge is 2.18. The highest BCUT2D eigenvalue weighted by Crippen LogP contribution is 2.28. The largest absolute Gasteiger partial charge is 0.493 e. The Morgan fingerprint density at radius 3 is 2.87 bits per heavy atom. The SMILES string of the molecule is CCc1[nH+]c(N)sc1C(=O)NN=Cc1ccc(OCc2cccc(Cl)c2)c(OC)c1. The smallest absolute Gasteiger partial charge is 0.330 e. The highest BCUT2D eigenvalue weighted by molar-refractivity contribution is 7.16. The van der Waals surface area contributed by atoms with Crippen LogP contribution in [0.3, 0.4) is 0 Å². The first-order valence-electron chi connectivity index (χ1n) is 9.19. The number of hydrazone groups is 1. The summed E-state index contributed by atoms with van der Waals surface area (Å²) in [7, 11) is 1.56. The number of aromatic nitrogens is 1. The lowest BCUT2D eigenvalue weighted by Crippen LogP contribution is -2.20. The monoisotopic (exact) mass is 445 g/mol. The van der Waals surface area contributed by atoms with Crippen LogP contribution in [0.2, 0.25) is 5.02 Å². The Bertz CT molecular complexity index is 1070. The van der Waals surface area contributed by atoms with Crippen LogP contribution >= 0.6 is 22.9 Å². The predicted molar refractivity (Wildman–Crippen MR) is 119 cm³/mol. The number of amides is 1. The number of nitrogens with one attached hydrogen (secondary N) is 2. The number of H-pyrrole nitrogens is 1. The zero-order valence-electron chi connectivity index (χ0n) is 16.6. The Labute approximate surface area is 183 Å². The second-order valence-corrected chi connectivity index (χ2v) is 7.77. The van der Waals surface area contributed by atoms with Crippen molar-refractivity contribution in [1.29, 1.82) is 0 Å². The predicted octanol–water partition coefficient (Wildman–Crippen LogP) is 3.71. The summed E-state index contributed by atoms with van der Waals surface area (Å²) >= 11 is 7.20. The van der Waals surface area contributed by atoms with E-state index in [4.69, 9.17) is 26.8 Å². The van der Waals surface area contributed by atoms with Gasteiger partial charge in [-0.1, -0.05) is 30.7 Å². The van der Waals surface area contributed by atoms with E-state index in [1.54, 1.807) is 19.2 Å². The quantitative estimate of drug-likeness (QED) is 0.407. The number of nitrogen functional groups attached to an aromatic ring is 1. The molecule has 0 aliphatic rings. The van der Waals surface area contributed by atoms with E-state index >= 15 is 0 Å². The summed E-state index contributed by atoms with van der Waals surface area (Å²) in [5.74, 6) is 0.839. The molecule has 156 valence electrons. The highest BCUT2D eigenvalue weighted by atomic mass is 35.5. The van der Waals surface area contributed by atoms with Crippen LogP contribution in [0.4, 0.5) is 5.13 Å². The number of ether oxygens (including phenoxy) is 2. The van der Waals surface area contributed by atoms with Crippen LogP contribution in [0.1, 0.15) is 33.4 Å². The summed E-state index contributed by atoms with van der Waals surface area (Å²) in [6.45, 7) is 2.31. The standard InChI is InChI=1S/C21H21ClN4O3S/c1-3-16-19(30-21(23)25-16)20(27)26-24-11-13-7-8-17(18(10-13)28-2)29-12-14-5-4-6-15(22)9-14/h4-11H,3,12H2,1-2H3,(H2,23,25)(H,26,27)/p+1. The first-order chi connectivity index (χ1) is 14.5. The lowest BCUT2D eigenvalue weighted by atomic mass is 10.2. The van der Waals surface area contributed by atoms with Crippen LogP contribution in [0.25, 0.3) is 0 Å². The molecule has 4 N–H and O–H groups in total. The molecule has 9 heteroatoms. The van der Waals surface area contributed by atoms with Crippen molar-refractivity contribution >= 4 is 40.2 Å². The Kier molecular flexibility index (Phi) is 7.26. The number of nitrogens with zero attached hydrogens (tertiary/aromatic N) is 1. The summed E-state index contributed by atoms with van der Waals surface area (Å²) in [6.07, 6.45) is 2.21. The molecule has 0 saturated carbocycles. The molecule has 0 saturated heterocycles. The number of anilines is 1. The fraction of sp³-hybridized carbons (Fsp3) is 0.190. The number of carbonyl (C=O) groups excluding carboxylic acids is 1. The first-order valence-corrected chi connectivity index (χ1v) is 10.4. The molecule has 1 heterocycles. The molecule has 0 bridgehead atoms. The van der Waals surface area contributed by atoms with Crippen molar-refractivity contribution < 1.29 is 19.3 Å². The number of rotatable bonds is 8. The molecule has 2 aromatic carbocycles. The van der Waals surface area contributed by atoms with Gasteiger partial charge < -0.3 is 9.47 Å². The second-order valence-electron chi connectivity index (χ2n) is 6.28. The number of thiazole rings is 1. The maximum absolute atomic E-state index is 12.3. The van der Waals surface area contributed by atoms with E-state index in [-0.39, 0.29) is 5.91 Å². The summed E-state index contributed by atoms with van der Waals surface area (Å²) in [4.78, 5) is 15.8. The summed E-state index contributed by atoms with van der Waals surface area (Å²) < 4.78 is 11.3. The molecule has 30 heavy (non-hydrogen) atoms. The van der Waals surface area contributed by atoms with Gasteiger partial charge in [0.15, 0.2) is 11.5 Å². The van der Waals surface area contributed by atoms with Gasteiger partial charge in [-0.2, -0.15) is 5.10 Å². The van der Waals surface area contributed by atoms with Crippen molar-refractivity contribution in [3.05, 3.63) is 69.2 Å². The minimum Gasteiger partial charge on any atom is -0.493 e. The minimum absolute atomic E-state index is 0.311. The van der Waals surface area contributed by atoms with Gasteiger partial charge >= 0.3 is 5.13 Å². The van der Waals surface area contributed by atoms with Gasteiger partial charge in [0.25, 0.3) is 5.91 Å².